The molecular weight excluding hydrogens is 294 g/mol. The summed E-state index contributed by atoms with van der Waals surface area (Å²) in [6.45, 7) is 8.53. The number of nitrogens with one attached hydrogen (secondary N) is 1. The number of benzene rings is 1. The fourth-order valence-corrected chi connectivity index (χ4v) is 2.44. The Hall–Kier alpha value is -2.63. The Bertz CT molecular complexity index is 734. The number of carboxylic acids is 1. The molecule has 0 aliphatic heterocycles. The Morgan fingerprint density at radius 2 is 1.96 bits per heavy atom. The first kappa shape index (κ1) is 16.7. The van der Waals surface area contributed by atoms with E-state index in [0.29, 0.717) is 6.54 Å². The number of anilines is 1. The maximum atomic E-state index is 12.8. The highest BCUT2D eigenvalue weighted by atomic mass is 16.4. The summed E-state index contributed by atoms with van der Waals surface area (Å²) in [5.74, 6) is -1.19. The van der Waals surface area contributed by atoms with E-state index in [9.17, 15) is 9.59 Å². The van der Waals surface area contributed by atoms with Crippen LogP contribution in [0.25, 0.3) is 0 Å². The highest BCUT2D eigenvalue weighted by Gasteiger charge is 2.23. The molecule has 0 aliphatic carbocycles. The molecule has 1 amide bonds. The summed E-state index contributed by atoms with van der Waals surface area (Å²) in [6.07, 6.45) is 0. The third-order valence-corrected chi connectivity index (χ3v) is 3.46. The lowest BCUT2D eigenvalue weighted by molar-refractivity contribution is 0.0690. The molecule has 0 spiro atoms. The lowest BCUT2D eigenvalue weighted by Gasteiger charge is -2.25. The molecule has 0 atom stereocenters. The van der Waals surface area contributed by atoms with Gasteiger partial charge < -0.3 is 10.0 Å². The van der Waals surface area contributed by atoms with E-state index in [4.69, 9.17) is 5.11 Å². The number of aromatic carboxylic acids is 1. The number of nitrogens with zero attached hydrogens (tertiary/aromatic N) is 2. The van der Waals surface area contributed by atoms with Crippen LogP contribution in [0, 0.1) is 19.8 Å². The van der Waals surface area contributed by atoms with E-state index >= 15 is 0 Å². The minimum absolute atomic E-state index is 0.0986. The molecule has 2 aromatic rings. The predicted octanol–water partition coefficient (Wildman–Crippen LogP) is 3.03. The van der Waals surface area contributed by atoms with Gasteiger partial charge in [-0.3, -0.25) is 9.89 Å². The van der Waals surface area contributed by atoms with Gasteiger partial charge in [-0.25, -0.2) is 4.79 Å². The lowest BCUT2D eigenvalue weighted by Crippen LogP contribution is -2.35. The van der Waals surface area contributed by atoms with Gasteiger partial charge in [-0.2, -0.15) is 5.10 Å². The number of H-pyrrole nitrogens is 1. The molecule has 0 saturated carbocycles. The fraction of sp³-hybridized carbons (Fsp3) is 0.353. The van der Waals surface area contributed by atoms with Crippen molar-refractivity contribution < 1.29 is 14.7 Å². The number of carbonyl (C=O) groups excluding carboxylic acids is 1. The normalized spacial score (nSPS) is 10.8. The molecule has 1 heterocycles. The van der Waals surface area contributed by atoms with Crippen molar-refractivity contribution in [3.05, 3.63) is 46.8 Å². The van der Waals surface area contributed by atoms with E-state index in [1.165, 1.54) is 6.07 Å². The second-order valence-electron chi connectivity index (χ2n) is 6.07. The summed E-state index contributed by atoms with van der Waals surface area (Å²) in [6, 6.07) is 7.15. The quantitative estimate of drug-likeness (QED) is 0.888. The molecule has 0 unspecified atom stereocenters. The van der Waals surface area contributed by atoms with Crippen molar-refractivity contribution in [2.45, 2.75) is 27.7 Å². The van der Waals surface area contributed by atoms with Crippen molar-refractivity contribution in [2.75, 3.05) is 11.4 Å². The molecule has 6 heteroatoms. The molecule has 0 fully saturated rings. The van der Waals surface area contributed by atoms with Gasteiger partial charge in [0.25, 0.3) is 5.91 Å². The highest BCUT2D eigenvalue weighted by molar-refractivity contribution is 6.06. The SMILES string of the molecule is Cc1ccc(N(CC(C)C)C(=O)c2cc(C(=O)O)[nH]n2)c(C)c1. The number of rotatable bonds is 5. The van der Waals surface area contributed by atoms with E-state index in [1.54, 1.807) is 4.90 Å². The molecule has 6 nitrogen and oxygen atoms in total. The van der Waals surface area contributed by atoms with Crippen molar-refractivity contribution in [1.29, 1.82) is 0 Å². The van der Waals surface area contributed by atoms with Gasteiger partial charge in [-0.15, -0.1) is 0 Å². The van der Waals surface area contributed by atoms with E-state index in [-0.39, 0.29) is 23.2 Å². The van der Waals surface area contributed by atoms with E-state index in [1.807, 2.05) is 45.9 Å². The molecule has 23 heavy (non-hydrogen) atoms. The number of aromatic nitrogens is 2. The minimum Gasteiger partial charge on any atom is -0.477 e. The molecule has 0 aliphatic rings. The smallest absolute Gasteiger partial charge is 0.353 e. The number of aromatic amines is 1. The molecule has 0 saturated heterocycles. The maximum absolute atomic E-state index is 12.8. The zero-order valence-corrected chi connectivity index (χ0v) is 13.8. The largest absolute Gasteiger partial charge is 0.477 e. The van der Waals surface area contributed by atoms with Crippen LogP contribution in [0.5, 0.6) is 0 Å². The molecule has 0 radical (unpaired) electrons. The topological polar surface area (TPSA) is 86.3 Å². The second-order valence-corrected chi connectivity index (χ2v) is 6.07. The number of carboxylic acid groups (broad SMARTS) is 1. The summed E-state index contributed by atoms with van der Waals surface area (Å²) in [4.78, 5) is 25.4. The van der Waals surface area contributed by atoms with Gasteiger partial charge in [0.05, 0.1) is 0 Å². The molecule has 1 aromatic carbocycles. The second kappa shape index (κ2) is 6.64. The van der Waals surface area contributed by atoms with Gasteiger partial charge in [0.1, 0.15) is 5.69 Å². The van der Waals surface area contributed by atoms with Crippen molar-refractivity contribution in [2.24, 2.45) is 5.92 Å². The maximum Gasteiger partial charge on any atom is 0.353 e. The number of amides is 1. The first-order valence-corrected chi connectivity index (χ1v) is 7.47. The summed E-state index contributed by atoms with van der Waals surface area (Å²) in [5, 5.41) is 15.2. The summed E-state index contributed by atoms with van der Waals surface area (Å²) >= 11 is 0. The van der Waals surface area contributed by atoms with Crippen LogP contribution in [0.3, 0.4) is 0 Å². The third-order valence-electron chi connectivity index (χ3n) is 3.46. The molecule has 2 N–H and O–H groups in total. The van der Waals surface area contributed by atoms with E-state index in [0.717, 1.165) is 16.8 Å². The summed E-state index contributed by atoms with van der Waals surface area (Å²) < 4.78 is 0. The van der Waals surface area contributed by atoms with Gasteiger partial charge >= 0.3 is 5.97 Å². The van der Waals surface area contributed by atoms with Gasteiger partial charge in [-0.1, -0.05) is 31.5 Å². The van der Waals surface area contributed by atoms with Crippen LogP contribution >= 0.6 is 0 Å². The van der Waals surface area contributed by atoms with Gasteiger partial charge in [-0.05, 0) is 31.4 Å². The van der Waals surface area contributed by atoms with Crippen molar-refractivity contribution >= 4 is 17.6 Å². The number of aryl methyl sites for hydroxylation is 2. The summed E-state index contributed by atoms with van der Waals surface area (Å²) in [7, 11) is 0. The van der Waals surface area contributed by atoms with Crippen molar-refractivity contribution in [3.8, 4) is 0 Å². The first-order chi connectivity index (χ1) is 10.8. The Morgan fingerprint density at radius 3 is 2.48 bits per heavy atom. The van der Waals surface area contributed by atoms with Crippen LogP contribution in [0.4, 0.5) is 5.69 Å². The zero-order valence-electron chi connectivity index (χ0n) is 13.8. The number of hydrogen-bond acceptors (Lipinski definition) is 3. The Morgan fingerprint density at radius 1 is 1.26 bits per heavy atom. The third kappa shape index (κ3) is 3.77. The van der Waals surface area contributed by atoms with E-state index < -0.39 is 5.97 Å². The van der Waals surface area contributed by atoms with Crippen LogP contribution in [-0.4, -0.2) is 33.7 Å². The Kier molecular flexibility index (Phi) is 4.83. The monoisotopic (exact) mass is 315 g/mol. The standard InChI is InChI=1S/C17H21N3O3/c1-10(2)9-20(15-6-5-11(3)7-12(15)4)16(21)13-8-14(17(22)23)19-18-13/h5-8,10H,9H2,1-4H3,(H,18,19)(H,22,23). The molecule has 0 bridgehead atoms. The van der Waals surface area contributed by atoms with E-state index in [2.05, 4.69) is 10.2 Å². The highest BCUT2D eigenvalue weighted by Crippen LogP contribution is 2.24. The van der Waals surface area contributed by atoms with Crippen molar-refractivity contribution in [1.82, 2.24) is 10.2 Å². The Labute approximate surface area is 135 Å². The molecule has 122 valence electrons. The lowest BCUT2D eigenvalue weighted by atomic mass is 10.1. The van der Waals surface area contributed by atoms with Crippen LogP contribution in [0.15, 0.2) is 24.3 Å². The van der Waals surface area contributed by atoms with Gasteiger partial charge in [0.15, 0.2) is 5.69 Å². The molecule has 2 rings (SSSR count). The van der Waals surface area contributed by atoms with Crippen molar-refractivity contribution in [3.63, 3.8) is 0 Å². The number of hydrogen-bond donors (Lipinski definition) is 2. The zero-order chi connectivity index (χ0) is 17.1. The average Bonchev–Trinajstić information content (AvgIpc) is 2.94. The van der Waals surface area contributed by atoms with Gasteiger partial charge in [0, 0.05) is 18.3 Å². The number of carbonyl (C=O) groups is 2. The van der Waals surface area contributed by atoms with Crippen LogP contribution in [0.1, 0.15) is 46.0 Å². The van der Waals surface area contributed by atoms with Crippen LogP contribution in [-0.2, 0) is 0 Å². The molecular formula is C17H21N3O3. The Balaban J connectivity index is 2.40. The minimum atomic E-state index is -1.14. The average molecular weight is 315 g/mol. The first-order valence-electron chi connectivity index (χ1n) is 7.47. The van der Waals surface area contributed by atoms with Crippen LogP contribution in [0.2, 0.25) is 0 Å². The van der Waals surface area contributed by atoms with Gasteiger partial charge in [0.2, 0.25) is 0 Å². The molecule has 1 aromatic heterocycles. The summed E-state index contributed by atoms with van der Waals surface area (Å²) in [5.41, 5.74) is 2.93. The van der Waals surface area contributed by atoms with Crippen LogP contribution < -0.4 is 4.90 Å². The fourth-order valence-electron chi connectivity index (χ4n) is 2.44. The predicted molar refractivity (Wildman–Crippen MR) is 88.0 cm³/mol.